The topological polar surface area (TPSA) is 45.7 Å². The molecule has 1 aliphatic carbocycles. The third-order valence-electron chi connectivity index (χ3n) is 22.1. The first-order chi connectivity index (χ1) is 46.5. The summed E-state index contributed by atoms with van der Waals surface area (Å²) in [7, 11) is 7.40. The molecule has 0 amide bonds. The number of rotatable bonds is 14. The number of hydrogen-bond donors (Lipinski definition) is 0. The maximum absolute atomic E-state index is 6.51. The van der Waals surface area contributed by atoms with Crippen molar-refractivity contribution in [1.82, 2.24) is 4.57 Å². The summed E-state index contributed by atoms with van der Waals surface area (Å²) in [4.78, 5) is 0. The van der Waals surface area contributed by atoms with E-state index in [2.05, 4.69) is 332 Å². The number of fused-ring (bicyclic) bond motifs is 3. The van der Waals surface area contributed by atoms with Crippen molar-refractivity contribution < 1.29 is 23.5 Å². The molecular weight excluding hydrogens is 1230 g/mol. The average molecular weight is 1360 g/mol. The second kappa shape index (κ2) is 26.3. The summed E-state index contributed by atoms with van der Waals surface area (Å²) in [5.41, 5.74) is 27.8. The predicted molar refractivity (Wildman–Crippen MR) is 430 cm³/mol. The van der Waals surface area contributed by atoms with Crippen LogP contribution in [0.3, 0.4) is 0 Å². The number of aromatic nitrogens is 2. The fourth-order valence-corrected chi connectivity index (χ4v) is 16.3. The lowest BCUT2D eigenvalue weighted by Gasteiger charge is -2.32. The van der Waals surface area contributed by atoms with Crippen LogP contribution in [0.25, 0.3) is 44.7 Å². The quantitative estimate of drug-likeness (QED) is 0.102. The van der Waals surface area contributed by atoms with E-state index in [1.165, 1.54) is 145 Å². The largest absolute Gasteiger partial charge is 0.496 e. The monoisotopic (exact) mass is 1360 g/mol. The van der Waals surface area contributed by atoms with Crippen molar-refractivity contribution in [1.29, 1.82) is 0 Å². The molecule has 0 bridgehead atoms. The second-order valence-corrected chi connectivity index (χ2v) is 38.3. The van der Waals surface area contributed by atoms with Gasteiger partial charge < -0.3 is 18.9 Å². The van der Waals surface area contributed by atoms with Crippen molar-refractivity contribution in [3.05, 3.63) is 216 Å². The van der Waals surface area contributed by atoms with Crippen LogP contribution in [0.5, 0.6) is 23.0 Å². The molecule has 101 heavy (non-hydrogen) atoms. The highest BCUT2D eigenvalue weighted by atomic mass is 16.5. The van der Waals surface area contributed by atoms with Gasteiger partial charge in [0.15, 0.2) is 11.4 Å². The number of hydrogen-bond acceptors (Lipinski definition) is 4. The van der Waals surface area contributed by atoms with Crippen LogP contribution in [0, 0.1) is 13.8 Å². The lowest BCUT2D eigenvalue weighted by atomic mass is 9.75. The van der Waals surface area contributed by atoms with Gasteiger partial charge in [0.25, 0.3) is 6.33 Å². The van der Waals surface area contributed by atoms with Crippen molar-refractivity contribution in [3.63, 3.8) is 0 Å². The zero-order valence-electron chi connectivity index (χ0n) is 68.8. The van der Waals surface area contributed by atoms with Crippen molar-refractivity contribution >= 4 is 10.8 Å². The van der Waals surface area contributed by atoms with Crippen LogP contribution < -0.4 is 23.5 Å². The summed E-state index contributed by atoms with van der Waals surface area (Å²) >= 11 is 0. The first-order valence-electron chi connectivity index (χ1n) is 37.4. The molecule has 538 valence electrons. The summed E-state index contributed by atoms with van der Waals surface area (Å²) in [5, 5.41) is 2.50. The van der Waals surface area contributed by atoms with Gasteiger partial charge in [-0.3, -0.25) is 0 Å². The Labute approximate surface area is 611 Å². The summed E-state index contributed by atoms with van der Waals surface area (Å²) in [6, 6.07) is 43.8. The minimum Gasteiger partial charge on any atom is -0.496 e. The Kier molecular flexibility index (Phi) is 19.8. The molecule has 0 unspecified atom stereocenters. The molecule has 0 N–H and O–H groups in total. The Morgan fingerprint density at radius 2 is 0.574 bits per heavy atom. The number of methoxy groups -OCH3 is 4. The van der Waals surface area contributed by atoms with Crippen LogP contribution in [0.15, 0.2) is 116 Å². The normalized spacial score (nSPS) is 14.5. The molecule has 0 radical (unpaired) electrons. The van der Waals surface area contributed by atoms with Crippen LogP contribution in [-0.2, 0) is 43.3 Å². The minimum atomic E-state index is -0.210. The fourth-order valence-electron chi connectivity index (χ4n) is 16.3. The number of nitrogens with zero attached hydrogens (tertiary/aromatic N) is 2. The molecule has 0 fully saturated rings. The molecule has 0 saturated heterocycles. The number of imidazole rings is 1. The predicted octanol–water partition coefficient (Wildman–Crippen LogP) is 25.2. The standard InChI is InChI=1S/C95H125N2O4/c1-54-41-67(56(3)61-45-71(88(7,8)9)84(98-31)72(46-61)89(10,11)12)80(68(42-54)57(4)62-47-73(90(13,14)15)85(99-32)74(48-62)91(16,17)18)96-53-97(83-66-40-36-38-60-37-35-39-65(79(60)66)82(83)96)81-69(58(5)63-49-75(92(19,20)21)86(100-33)76(50-63)93(22,23)24)43-55(2)44-70(81)59(6)64-51-77(94(25,26)27)87(101-34)78(52-64)95(28,29)30/h35-53,56-59H,1-34H3/q+1/t56-,57-,58-,59-/m1/s1. The SMILES string of the molecule is COc1c(C(C)(C)C)cc([C@@H](C)c2cc(C)cc([C@H](C)c3cc(C(C)(C)C)c(OC)c(C(C)(C)C)c3)c2-n2c[n+](-c3c([C@H](C)c4cc(C(C)(C)C)c(OC)c(C(C)(C)C)c4)cc(C)cc3[C@H](C)c3cc(C(C)(C)C)c(OC)c(C(C)(C)C)c3)c3c2-c2cccc4cccc-3c24)cc1C(C)(C)C. The van der Waals surface area contributed by atoms with Crippen molar-refractivity contribution in [2.24, 2.45) is 0 Å². The number of ether oxygens (including phenoxy) is 4. The van der Waals surface area contributed by atoms with E-state index >= 15 is 0 Å². The highest BCUT2D eigenvalue weighted by Crippen LogP contribution is 2.54. The second-order valence-electron chi connectivity index (χ2n) is 38.3. The smallest absolute Gasteiger partial charge is 0.255 e. The zero-order chi connectivity index (χ0) is 75.0. The molecule has 1 heterocycles. The van der Waals surface area contributed by atoms with Gasteiger partial charge in [-0.25, -0.2) is 0 Å². The molecule has 9 aromatic rings. The Morgan fingerprint density at radius 3 is 0.832 bits per heavy atom. The Hall–Kier alpha value is -7.57. The van der Waals surface area contributed by atoms with E-state index < -0.39 is 0 Å². The molecule has 6 heteroatoms. The van der Waals surface area contributed by atoms with Gasteiger partial charge in [-0.05, 0) is 96.9 Å². The first kappa shape index (κ1) is 76.1. The van der Waals surface area contributed by atoms with Crippen LogP contribution in [0.2, 0.25) is 0 Å². The fraction of sp³-hybridized carbons (Fsp3) is 0.484. The van der Waals surface area contributed by atoms with Gasteiger partial charge >= 0.3 is 0 Å². The number of aryl methyl sites for hydroxylation is 2. The molecular formula is C95H125N2O4+. The third-order valence-corrected chi connectivity index (χ3v) is 22.1. The van der Waals surface area contributed by atoms with Gasteiger partial charge in [0, 0.05) is 107 Å². The van der Waals surface area contributed by atoms with Gasteiger partial charge in [0.05, 0.1) is 28.4 Å². The van der Waals surface area contributed by atoms with E-state index in [-0.39, 0.29) is 67.0 Å². The zero-order valence-corrected chi connectivity index (χ0v) is 68.8. The molecule has 0 saturated carbocycles. The van der Waals surface area contributed by atoms with E-state index in [9.17, 15) is 0 Å². The van der Waals surface area contributed by atoms with E-state index in [1.807, 2.05) is 28.4 Å². The van der Waals surface area contributed by atoms with Crippen LogP contribution in [0.1, 0.15) is 318 Å². The molecule has 0 spiro atoms. The van der Waals surface area contributed by atoms with E-state index in [0.717, 1.165) is 23.0 Å². The van der Waals surface area contributed by atoms with Gasteiger partial charge in [0.1, 0.15) is 34.4 Å². The molecule has 1 aliphatic rings. The minimum absolute atomic E-state index is 0.0834. The molecule has 10 rings (SSSR count). The van der Waals surface area contributed by atoms with E-state index in [4.69, 9.17) is 18.9 Å². The van der Waals surface area contributed by atoms with Gasteiger partial charge in [-0.1, -0.05) is 302 Å². The van der Waals surface area contributed by atoms with Crippen LogP contribution in [-0.4, -0.2) is 33.0 Å². The first-order valence-corrected chi connectivity index (χ1v) is 37.4. The Bertz CT molecular complexity index is 4020. The molecule has 8 aromatic carbocycles. The lowest BCUT2D eigenvalue weighted by Crippen LogP contribution is -2.35. The van der Waals surface area contributed by atoms with Crippen molar-refractivity contribution in [2.45, 2.75) is 275 Å². The highest BCUT2D eigenvalue weighted by Gasteiger charge is 2.43. The number of benzene rings is 8. The summed E-state index contributed by atoms with van der Waals surface area (Å²) in [6.07, 6.45) is 2.53. The molecule has 0 aliphatic heterocycles. The van der Waals surface area contributed by atoms with Crippen molar-refractivity contribution in [2.75, 3.05) is 28.4 Å². The van der Waals surface area contributed by atoms with E-state index in [0.29, 0.717) is 0 Å². The third kappa shape index (κ3) is 14.0. The van der Waals surface area contributed by atoms with Gasteiger partial charge in [-0.2, -0.15) is 9.13 Å². The van der Waals surface area contributed by atoms with E-state index in [1.54, 1.807) is 0 Å². The van der Waals surface area contributed by atoms with Crippen LogP contribution >= 0.6 is 0 Å². The molecule has 6 nitrogen and oxygen atoms in total. The highest BCUT2D eigenvalue weighted by molar-refractivity contribution is 6.13. The molecule has 1 aromatic heterocycles. The molecule has 4 atom stereocenters. The maximum atomic E-state index is 6.51. The van der Waals surface area contributed by atoms with Crippen molar-refractivity contribution in [3.8, 4) is 56.9 Å². The van der Waals surface area contributed by atoms with Crippen LogP contribution in [0.4, 0.5) is 0 Å². The van der Waals surface area contributed by atoms with Gasteiger partial charge in [0.2, 0.25) is 0 Å². The Balaban J connectivity index is 1.44. The summed E-state index contributed by atoms with van der Waals surface area (Å²) < 4.78 is 31.4. The summed E-state index contributed by atoms with van der Waals surface area (Å²) in [5.74, 6) is 3.57. The Morgan fingerprint density at radius 1 is 0.327 bits per heavy atom. The maximum Gasteiger partial charge on any atom is 0.255 e. The van der Waals surface area contributed by atoms with Gasteiger partial charge in [-0.15, -0.1) is 0 Å². The summed E-state index contributed by atoms with van der Waals surface area (Å²) in [6.45, 7) is 70.4. The average Bonchev–Trinajstić information content (AvgIpc) is 1.55. The lowest BCUT2D eigenvalue weighted by molar-refractivity contribution is -0.584.